The number of carbonyl (C=O) groups is 2. The lowest BCUT2D eigenvalue weighted by molar-refractivity contribution is -0.135. The van der Waals surface area contributed by atoms with Crippen molar-refractivity contribution in [2.24, 2.45) is 11.7 Å². The van der Waals surface area contributed by atoms with Crippen molar-refractivity contribution in [2.45, 2.75) is 32.1 Å². The number of rotatable bonds is 7. The number of aromatic amines is 2. The van der Waals surface area contributed by atoms with Gasteiger partial charge in [0, 0.05) is 32.6 Å². The van der Waals surface area contributed by atoms with Crippen molar-refractivity contribution in [3.05, 3.63) is 34.2 Å². The van der Waals surface area contributed by atoms with Crippen LogP contribution in [0.5, 0.6) is 0 Å². The molecule has 0 radical (unpaired) electrons. The number of H-pyrrole nitrogens is 2. The Balaban J connectivity index is 0.00000280. The number of piperidine rings is 1. The van der Waals surface area contributed by atoms with Crippen LogP contribution in [0.15, 0.2) is 23.0 Å². The lowest BCUT2D eigenvalue weighted by Gasteiger charge is -2.32. The van der Waals surface area contributed by atoms with E-state index >= 15 is 0 Å². The second-order valence-corrected chi connectivity index (χ2v) is 7.07. The van der Waals surface area contributed by atoms with Crippen LogP contribution in [-0.4, -0.2) is 52.9 Å². The molecule has 28 heavy (non-hydrogen) atoms. The summed E-state index contributed by atoms with van der Waals surface area (Å²) in [5.41, 5.74) is 7.86. The summed E-state index contributed by atoms with van der Waals surface area (Å²) in [7, 11) is 0. The normalized spacial score (nSPS) is 16.6. The van der Waals surface area contributed by atoms with Gasteiger partial charge >= 0.3 is 5.69 Å². The number of carbonyl (C=O) groups excluding carboxylic acids is 2. The van der Waals surface area contributed by atoms with E-state index in [1.165, 1.54) is 0 Å². The molecule has 2 amide bonds. The fraction of sp³-hybridized carbons (Fsp3) is 0.526. The van der Waals surface area contributed by atoms with E-state index in [0.717, 1.165) is 48.8 Å². The predicted octanol–water partition coefficient (Wildman–Crippen LogP) is 0.914. The van der Waals surface area contributed by atoms with Gasteiger partial charge < -0.3 is 25.9 Å². The summed E-state index contributed by atoms with van der Waals surface area (Å²) in [4.78, 5) is 43.2. The second-order valence-electron chi connectivity index (χ2n) is 7.07. The highest BCUT2D eigenvalue weighted by molar-refractivity contribution is 5.85. The molecule has 0 bridgehead atoms. The minimum atomic E-state index is -0.215. The summed E-state index contributed by atoms with van der Waals surface area (Å²) < 4.78 is 0. The van der Waals surface area contributed by atoms with E-state index in [2.05, 4.69) is 15.3 Å². The third-order valence-corrected chi connectivity index (χ3v) is 5.02. The second kappa shape index (κ2) is 10.3. The average Bonchev–Trinajstić information content (AvgIpc) is 3.05. The van der Waals surface area contributed by atoms with Crippen molar-refractivity contribution < 1.29 is 9.59 Å². The summed E-state index contributed by atoms with van der Waals surface area (Å²) in [5, 5.41) is 2.81. The van der Waals surface area contributed by atoms with E-state index in [9.17, 15) is 14.4 Å². The molecular formula is C19H28ClN5O3. The molecule has 1 aromatic carbocycles. The van der Waals surface area contributed by atoms with Crippen LogP contribution in [0, 0.1) is 5.92 Å². The number of benzene rings is 1. The number of nitrogens with zero attached hydrogens (tertiary/aromatic N) is 1. The van der Waals surface area contributed by atoms with Gasteiger partial charge in [-0.2, -0.15) is 0 Å². The zero-order valence-electron chi connectivity index (χ0n) is 15.8. The van der Waals surface area contributed by atoms with Gasteiger partial charge in [0.1, 0.15) is 0 Å². The predicted molar refractivity (Wildman–Crippen MR) is 110 cm³/mol. The first-order chi connectivity index (χ1) is 13.1. The van der Waals surface area contributed by atoms with Crippen molar-refractivity contribution >= 4 is 35.3 Å². The molecule has 154 valence electrons. The SMILES string of the molecule is Cl.NCCNC(=O)C1CCCN(C(=O)CCCc2ccc3[nH]c(=O)[nH]c3c2)C1. The van der Waals surface area contributed by atoms with Gasteiger partial charge in [-0.15, -0.1) is 12.4 Å². The number of nitrogens with one attached hydrogen (secondary N) is 3. The minimum Gasteiger partial charge on any atom is -0.355 e. The van der Waals surface area contributed by atoms with E-state index in [1.807, 2.05) is 23.1 Å². The standard InChI is InChI=1S/C19H27N5O3.ClH/c20-8-9-21-18(26)14-4-2-10-24(12-14)17(25)5-1-3-13-6-7-15-16(11-13)23-19(27)22-15;/h6-7,11,14H,1-5,8-10,12,20H2,(H,21,26)(H2,22,23,27);1H. The van der Waals surface area contributed by atoms with Crippen molar-refractivity contribution in [2.75, 3.05) is 26.2 Å². The van der Waals surface area contributed by atoms with Gasteiger partial charge in [-0.1, -0.05) is 6.07 Å². The Bertz CT molecular complexity index is 863. The molecule has 5 N–H and O–H groups in total. The molecule has 2 heterocycles. The number of likely N-dealkylation sites (tertiary alicyclic amines) is 1. The summed E-state index contributed by atoms with van der Waals surface area (Å²) in [6.07, 6.45) is 3.63. The molecule has 1 aromatic heterocycles. The Morgan fingerprint density at radius 3 is 2.82 bits per heavy atom. The molecule has 0 spiro atoms. The molecule has 1 unspecified atom stereocenters. The van der Waals surface area contributed by atoms with Gasteiger partial charge in [0.15, 0.2) is 0 Å². The van der Waals surface area contributed by atoms with Gasteiger partial charge in [-0.25, -0.2) is 4.79 Å². The zero-order valence-corrected chi connectivity index (χ0v) is 16.6. The summed E-state index contributed by atoms with van der Waals surface area (Å²) >= 11 is 0. The van der Waals surface area contributed by atoms with Crippen LogP contribution >= 0.6 is 12.4 Å². The van der Waals surface area contributed by atoms with Crippen molar-refractivity contribution in [1.29, 1.82) is 0 Å². The molecule has 1 atom stereocenters. The first-order valence-corrected chi connectivity index (χ1v) is 9.53. The molecule has 9 heteroatoms. The number of halogens is 1. The van der Waals surface area contributed by atoms with Gasteiger partial charge in [0.25, 0.3) is 0 Å². The van der Waals surface area contributed by atoms with E-state index in [1.54, 1.807) is 0 Å². The highest BCUT2D eigenvalue weighted by Gasteiger charge is 2.27. The number of nitrogens with two attached hydrogens (primary N) is 1. The maximum atomic E-state index is 12.5. The number of hydrogen-bond acceptors (Lipinski definition) is 4. The smallest absolute Gasteiger partial charge is 0.323 e. The van der Waals surface area contributed by atoms with Crippen LogP contribution in [0.25, 0.3) is 11.0 Å². The molecule has 2 aromatic rings. The molecule has 0 aliphatic carbocycles. The highest BCUT2D eigenvalue weighted by atomic mass is 35.5. The van der Waals surface area contributed by atoms with E-state index in [4.69, 9.17) is 5.73 Å². The Labute approximate surface area is 169 Å². The Kier molecular flexibility index (Phi) is 8.07. The molecular weight excluding hydrogens is 382 g/mol. The number of amides is 2. The first-order valence-electron chi connectivity index (χ1n) is 9.53. The Morgan fingerprint density at radius 2 is 2.04 bits per heavy atom. The number of fused-ring (bicyclic) bond motifs is 1. The van der Waals surface area contributed by atoms with E-state index < -0.39 is 0 Å². The van der Waals surface area contributed by atoms with Gasteiger partial charge in [0.05, 0.1) is 17.0 Å². The van der Waals surface area contributed by atoms with Crippen molar-refractivity contribution in [3.8, 4) is 0 Å². The molecule has 1 saturated heterocycles. The fourth-order valence-corrected chi connectivity index (χ4v) is 3.59. The van der Waals surface area contributed by atoms with Crippen LogP contribution < -0.4 is 16.7 Å². The number of aromatic nitrogens is 2. The summed E-state index contributed by atoms with van der Waals surface area (Å²) in [6.45, 7) is 2.10. The van der Waals surface area contributed by atoms with Crippen LogP contribution in [0.4, 0.5) is 0 Å². The average molecular weight is 410 g/mol. The number of aryl methyl sites for hydroxylation is 1. The maximum absolute atomic E-state index is 12.5. The quantitative estimate of drug-likeness (QED) is 0.542. The van der Waals surface area contributed by atoms with E-state index in [0.29, 0.717) is 26.1 Å². The summed E-state index contributed by atoms with van der Waals surface area (Å²) in [5.74, 6) is -0.0451. The van der Waals surface area contributed by atoms with Crippen LogP contribution in [0.2, 0.25) is 0 Å². The molecule has 3 rings (SSSR count). The molecule has 1 aliphatic rings. The largest absolute Gasteiger partial charge is 0.355 e. The fourth-order valence-electron chi connectivity index (χ4n) is 3.59. The Hall–Kier alpha value is -2.32. The number of hydrogen-bond donors (Lipinski definition) is 4. The third-order valence-electron chi connectivity index (χ3n) is 5.02. The summed E-state index contributed by atoms with van der Waals surface area (Å²) in [6, 6.07) is 5.78. The van der Waals surface area contributed by atoms with Crippen molar-refractivity contribution in [3.63, 3.8) is 0 Å². The monoisotopic (exact) mass is 409 g/mol. The van der Waals surface area contributed by atoms with Gasteiger partial charge in [-0.3, -0.25) is 9.59 Å². The molecule has 1 aliphatic heterocycles. The van der Waals surface area contributed by atoms with Gasteiger partial charge in [-0.05, 0) is 43.4 Å². The third kappa shape index (κ3) is 5.59. The Morgan fingerprint density at radius 1 is 1.25 bits per heavy atom. The van der Waals surface area contributed by atoms with Crippen LogP contribution in [0.3, 0.4) is 0 Å². The van der Waals surface area contributed by atoms with Crippen LogP contribution in [-0.2, 0) is 16.0 Å². The number of imidazole rings is 1. The van der Waals surface area contributed by atoms with E-state index in [-0.39, 0.29) is 35.8 Å². The topological polar surface area (TPSA) is 124 Å². The van der Waals surface area contributed by atoms with Crippen molar-refractivity contribution in [1.82, 2.24) is 20.2 Å². The maximum Gasteiger partial charge on any atom is 0.323 e. The lowest BCUT2D eigenvalue weighted by Crippen LogP contribution is -2.46. The highest BCUT2D eigenvalue weighted by Crippen LogP contribution is 2.18. The van der Waals surface area contributed by atoms with Crippen LogP contribution in [0.1, 0.15) is 31.2 Å². The lowest BCUT2D eigenvalue weighted by atomic mass is 9.96. The molecule has 8 nitrogen and oxygen atoms in total. The van der Waals surface area contributed by atoms with Gasteiger partial charge in [0.2, 0.25) is 11.8 Å². The molecule has 0 saturated carbocycles. The zero-order chi connectivity index (χ0) is 19.2. The first kappa shape index (κ1) is 22.0. The molecule has 1 fully saturated rings. The minimum absolute atomic E-state index is 0.